The van der Waals surface area contributed by atoms with Crippen molar-refractivity contribution in [3.8, 4) is 0 Å². The Labute approximate surface area is 202 Å². The van der Waals surface area contributed by atoms with E-state index in [4.69, 9.17) is 10.5 Å². The van der Waals surface area contributed by atoms with Crippen LogP contribution in [-0.2, 0) is 15.7 Å². The first-order chi connectivity index (χ1) is 16.8. The molecule has 7 nitrogen and oxygen atoms in total. The van der Waals surface area contributed by atoms with Crippen molar-refractivity contribution in [1.82, 2.24) is 9.88 Å². The van der Waals surface area contributed by atoms with E-state index >= 15 is 0 Å². The van der Waals surface area contributed by atoms with Gasteiger partial charge < -0.3 is 20.3 Å². The van der Waals surface area contributed by atoms with Gasteiger partial charge in [-0.15, -0.1) is 0 Å². The van der Waals surface area contributed by atoms with Gasteiger partial charge in [0.15, 0.2) is 0 Å². The van der Waals surface area contributed by atoms with Gasteiger partial charge in [-0.25, -0.2) is 4.98 Å². The maximum atomic E-state index is 13.6. The van der Waals surface area contributed by atoms with E-state index in [0.29, 0.717) is 56.3 Å². The summed E-state index contributed by atoms with van der Waals surface area (Å²) in [6, 6.07) is 11.7. The highest BCUT2D eigenvalue weighted by atomic mass is 19.4. The van der Waals surface area contributed by atoms with Crippen LogP contribution in [0.4, 0.5) is 19.0 Å². The Bertz CT molecular complexity index is 1100. The maximum Gasteiger partial charge on any atom is 0.417 e. The SMILES string of the molecule is CC1CCN(c2ccc(C(F)(F)F)cn2)CCN1C(=O)/C(N)=C(/C1=NCCOC1)c1ccccc1. The predicted octanol–water partition coefficient (Wildman–Crippen LogP) is 3.37. The molecular weight excluding hydrogens is 459 g/mol. The molecule has 2 aromatic rings. The summed E-state index contributed by atoms with van der Waals surface area (Å²) in [5.41, 5.74) is 7.82. The van der Waals surface area contributed by atoms with E-state index in [2.05, 4.69) is 9.98 Å². The van der Waals surface area contributed by atoms with Crippen LogP contribution in [0.1, 0.15) is 24.5 Å². The molecule has 3 heterocycles. The minimum Gasteiger partial charge on any atom is -0.394 e. The summed E-state index contributed by atoms with van der Waals surface area (Å²) < 4.78 is 44.2. The Kier molecular flexibility index (Phi) is 7.39. The summed E-state index contributed by atoms with van der Waals surface area (Å²) in [5, 5.41) is 0. The third-order valence-corrected chi connectivity index (χ3v) is 6.25. The van der Waals surface area contributed by atoms with Crippen molar-refractivity contribution in [1.29, 1.82) is 0 Å². The molecule has 1 fully saturated rings. The second-order valence-electron chi connectivity index (χ2n) is 8.56. The molecule has 2 N–H and O–H groups in total. The standard InChI is InChI=1S/C25H28F3N5O2/c1-17-9-11-32(21-8-7-19(15-31-21)25(26,27)28)12-13-33(17)24(34)23(29)22(18-5-3-2-4-6-18)20-16-35-14-10-30-20/h2-8,15,17H,9-14,16,29H2,1H3/b23-22-. The number of hydrogen-bond acceptors (Lipinski definition) is 6. The third kappa shape index (κ3) is 5.64. The number of carbonyl (C=O) groups is 1. The summed E-state index contributed by atoms with van der Waals surface area (Å²) in [6.07, 6.45) is -2.98. The molecule has 35 heavy (non-hydrogen) atoms. The molecule has 0 aliphatic carbocycles. The molecule has 10 heteroatoms. The number of alkyl halides is 3. The van der Waals surface area contributed by atoms with Crippen molar-refractivity contribution in [2.75, 3.05) is 44.3 Å². The lowest BCUT2D eigenvalue weighted by Gasteiger charge is -2.28. The summed E-state index contributed by atoms with van der Waals surface area (Å²) in [7, 11) is 0. The number of pyridine rings is 1. The van der Waals surface area contributed by atoms with Crippen LogP contribution in [0.2, 0.25) is 0 Å². The maximum absolute atomic E-state index is 13.6. The Hall–Kier alpha value is -3.40. The van der Waals surface area contributed by atoms with Gasteiger partial charge >= 0.3 is 6.18 Å². The number of aromatic nitrogens is 1. The topological polar surface area (TPSA) is 84.1 Å². The number of anilines is 1. The summed E-state index contributed by atoms with van der Waals surface area (Å²) in [6.45, 7) is 4.58. The molecule has 4 rings (SSSR count). The predicted molar refractivity (Wildman–Crippen MR) is 128 cm³/mol. The van der Waals surface area contributed by atoms with Crippen molar-refractivity contribution in [3.05, 3.63) is 65.5 Å². The van der Waals surface area contributed by atoms with Gasteiger partial charge in [-0.05, 0) is 31.0 Å². The van der Waals surface area contributed by atoms with Crippen LogP contribution in [0, 0.1) is 0 Å². The first kappa shape index (κ1) is 24.7. The van der Waals surface area contributed by atoms with Crippen molar-refractivity contribution in [2.45, 2.75) is 25.6 Å². The third-order valence-electron chi connectivity index (χ3n) is 6.25. The molecule has 2 aliphatic heterocycles. The summed E-state index contributed by atoms with van der Waals surface area (Å²) in [4.78, 5) is 25.8. The largest absolute Gasteiger partial charge is 0.417 e. The van der Waals surface area contributed by atoms with Gasteiger partial charge in [0.05, 0.1) is 31.0 Å². The van der Waals surface area contributed by atoms with E-state index in [-0.39, 0.29) is 24.3 Å². The zero-order chi connectivity index (χ0) is 25.0. The van der Waals surface area contributed by atoms with Gasteiger partial charge in [-0.2, -0.15) is 13.2 Å². The molecule has 1 unspecified atom stereocenters. The van der Waals surface area contributed by atoms with Crippen LogP contribution >= 0.6 is 0 Å². The Balaban J connectivity index is 1.57. The molecule has 0 spiro atoms. The number of nitrogens with zero attached hydrogens (tertiary/aromatic N) is 4. The quantitative estimate of drug-likeness (QED) is 0.669. The van der Waals surface area contributed by atoms with E-state index < -0.39 is 11.7 Å². The van der Waals surface area contributed by atoms with E-state index in [9.17, 15) is 18.0 Å². The van der Waals surface area contributed by atoms with Crippen molar-refractivity contribution in [2.24, 2.45) is 10.7 Å². The number of carbonyl (C=O) groups excluding carboxylic acids is 1. The molecule has 0 radical (unpaired) electrons. The average Bonchev–Trinajstić information content (AvgIpc) is 3.06. The van der Waals surface area contributed by atoms with Crippen molar-refractivity contribution >= 4 is 23.0 Å². The fraction of sp³-hybridized carbons (Fsp3) is 0.400. The van der Waals surface area contributed by atoms with E-state index in [1.807, 2.05) is 42.2 Å². The molecule has 1 atom stereocenters. The van der Waals surface area contributed by atoms with Gasteiger partial charge in [-0.1, -0.05) is 30.3 Å². The van der Waals surface area contributed by atoms with Crippen LogP contribution in [-0.4, -0.2) is 66.9 Å². The first-order valence-electron chi connectivity index (χ1n) is 11.5. The molecule has 186 valence electrons. The highest BCUT2D eigenvalue weighted by Crippen LogP contribution is 2.30. The summed E-state index contributed by atoms with van der Waals surface area (Å²) in [5.74, 6) is 0.147. The van der Waals surface area contributed by atoms with Crippen LogP contribution < -0.4 is 10.6 Å². The van der Waals surface area contributed by atoms with Gasteiger partial charge in [-0.3, -0.25) is 9.79 Å². The first-order valence-corrected chi connectivity index (χ1v) is 11.5. The molecule has 1 aromatic heterocycles. The molecule has 1 aromatic carbocycles. The van der Waals surface area contributed by atoms with Crippen molar-refractivity contribution in [3.63, 3.8) is 0 Å². The van der Waals surface area contributed by atoms with Crippen LogP contribution in [0.5, 0.6) is 0 Å². The fourth-order valence-electron chi connectivity index (χ4n) is 4.29. The Morgan fingerprint density at radius 2 is 1.89 bits per heavy atom. The Morgan fingerprint density at radius 3 is 2.51 bits per heavy atom. The number of aliphatic imine (C=N–C) groups is 1. The van der Waals surface area contributed by atoms with Crippen molar-refractivity contribution < 1.29 is 22.7 Å². The van der Waals surface area contributed by atoms with E-state index in [0.717, 1.165) is 17.8 Å². The molecular formula is C25H28F3N5O2. The minimum atomic E-state index is -4.43. The van der Waals surface area contributed by atoms with Crippen LogP contribution in [0.25, 0.3) is 5.57 Å². The minimum absolute atomic E-state index is 0.105. The lowest BCUT2D eigenvalue weighted by Crippen LogP contribution is -2.43. The highest BCUT2D eigenvalue weighted by Gasteiger charge is 2.32. The second kappa shape index (κ2) is 10.5. The zero-order valence-electron chi connectivity index (χ0n) is 19.5. The number of nitrogens with two attached hydrogens (primary N) is 1. The van der Waals surface area contributed by atoms with E-state index in [1.165, 1.54) is 6.07 Å². The lowest BCUT2D eigenvalue weighted by atomic mass is 9.97. The average molecular weight is 488 g/mol. The number of amides is 1. The monoisotopic (exact) mass is 487 g/mol. The molecule has 0 saturated carbocycles. The normalized spacial score (nSPS) is 20.1. The number of ether oxygens (including phenoxy) is 1. The number of rotatable bonds is 4. The van der Waals surface area contributed by atoms with Crippen LogP contribution in [0.3, 0.4) is 0 Å². The number of benzene rings is 1. The number of hydrogen-bond donors (Lipinski definition) is 1. The molecule has 1 amide bonds. The lowest BCUT2D eigenvalue weighted by molar-refractivity contribution is -0.137. The van der Waals surface area contributed by atoms with Crippen LogP contribution in [0.15, 0.2) is 59.4 Å². The Morgan fingerprint density at radius 1 is 1.11 bits per heavy atom. The molecule has 2 aliphatic rings. The second-order valence-corrected chi connectivity index (χ2v) is 8.56. The highest BCUT2D eigenvalue weighted by molar-refractivity contribution is 6.29. The fourth-order valence-corrected chi connectivity index (χ4v) is 4.29. The molecule has 0 bridgehead atoms. The van der Waals surface area contributed by atoms with Gasteiger partial charge in [0.2, 0.25) is 0 Å². The molecule has 1 saturated heterocycles. The van der Waals surface area contributed by atoms with Gasteiger partial charge in [0.1, 0.15) is 11.5 Å². The smallest absolute Gasteiger partial charge is 0.394 e. The number of halogens is 3. The van der Waals surface area contributed by atoms with E-state index in [1.54, 1.807) is 4.90 Å². The zero-order valence-corrected chi connectivity index (χ0v) is 19.5. The summed E-state index contributed by atoms with van der Waals surface area (Å²) >= 11 is 0. The van der Waals surface area contributed by atoms with Gasteiger partial charge in [0, 0.05) is 37.4 Å². The van der Waals surface area contributed by atoms with Gasteiger partial charge in [0.25, 0.3) is 5.91 Å².